The van der Waals surface area contributed by atoms with Crippen molar-refractivity contribution < 1.29 is 18.8 Å². The summed E-state index contributed by atoms with van der Waals surface area (Å²) >= 11 is 0. The number of ether oxygens (including phenoxy) is 1. The van der Waals surface area contributed by atoms with Gasteiger partial charge in [0.15, 0.2) is 11.5 Å². The summed E-state index contributed by atoms with van der Waals surface area (Å²) in [4.78, 5) is 38.7. The van der Waals surface area contributed by atoms with Crippen LogP contribution >= 0.6 is 0 Å². The highest BCUT2D eigenvalue weighted by atomic mass is 16.5. The van der Waals surface area contributed by atoms with Crippen LogP contribution in [0.4, 0.5) is 5.69 Å². The smallest absolute Gasteiger partial charge is 0.338 e. The van der Waals surface area contributed by atoms with E-state index in [2.05, 4.69) is 10.5 Å². The van der Waals surface area contributed by atoms with E-state index < -0.39 is 11.9 Å². The molecule has 0 spiro atoms. The van der Waals surface area contributed by atoms with E-state index in [1.165, 1.54) is 6.42 Å². The second-order valence-electron chi connectivity index (χ2n) is 8.63. The Labute approximate surface area is 197 Å². The molecule has 1 N–H and O–H groups in total. The molecule has 2 aromatic heterocycles. The van der Waals surface area contributed by atoms with Crippen LogP contribution in [0.3, 0.4) is 0 Å². The van der Waals surface area contributed by atoms with Crippen molar-refractivity contribution in [1.29, 1.82) is 0 Å². The highest BCUT2D eigenvalue weighted by Crippen LogP contribution is 2.31. The molecule has 0 bridgehead atoms. The molecule has 1 aromatic carbocycles. The minimum atomic E-state index is -0.539. The number of aromatic nitrogens is 3. The fraction of sp³-hybridized carbons (Fsp3) is 0.440. The van der Waals surface area contributed by atoms with Gasteiger partial charge in [0.1, 0.15) is 5.69 Å². The van der Waals surface area contributed by atoms with Crippen LogP contribution in [0.2, 0.25) is 0 Å². The monoisotopic (exact) mass is 466 g/mol. The number of hydrogen-bond donors (Lipinski definition) is 1. The van der Waals surface area contributed by atoms with Crippen LogP contribution in [0, 0.1) is 13.8 Å². The highest BCUT2D eigenvalue weighted by Gasteiger charge is 2.27. The summed E-state index contributed by atoms with van der Waals surface area (Å²) in [6, 6.07) is 6.98. The lowest BCUT2D eigenvalue weighted by Crippen LogP contribution is -2.29. The van der Waals surface area contributed by atoms with Crippen molar-refractivity contribution in [3.05, 3.63) is 57.1 Å². The summed E-state index contributed by atoms with van der Waals surface area (Å²) in [5.41, 5.74) is 2.04. The maximum atomic E-state index is 13.2. The number of nitrogens with zero attached hydrogens (tertiary/aromatic N) is 3. The Morgan fingerprint density at radius 3 is 2.59 bits per heavy atom. The number of amides is 1. The summed E-state index contributed by atoms with van der Waals surface area (Å²) in [6.45, 7) is 5.48. The van der Waals surface area contributed by atoms with Crippen LogP contribution in [0.1, 0.15) is 77.2 Å². The molecule has 9 heteroatoms. The normalized spacial score (nSPS) is 14.2. The van der Waals surface area contributed by atoms with E-state index in [1.54, 1.807) is 42.8 Å². The Balaban J connectivity index is 1.64. The molecule has 0 saturated heterocycles. The summed E-state index contributed by atoms with van der Waals surface area (Å²) < 4.78 is 14.2. The van der Waals surface area contributed by atoms with Crippen molar-refractivity contribution in [3.63, 3.8) is 0 Å². The molecule has 2 heterocycles. The first-order chi connectivity index (χ1) is 16.3. The second kappa shape index (κ2) is 9.70. The lowest BCUT2D eigenvalue weighted by Gasteiger charge is -2.24. The van der Waals surface area contributed by atoms with E-state index in [1.807, 2.05) is 18.7 Å². The van der Waals surface area contributed by atoms with Gasteiger partial charge >= 0.3 is 5.97 Å². The van der Waals surface area contributed by atoms with Crippen molar-refractivity contribution in [2.45, 2.75) is 58.9 Å². The molecule has 1 saturated carbocycles. The lowest BCUT2D eigenvalue weighted by molar-refractivity contribution is 0.0527. The van der Waals surface area contributed by atoms with Gasteiger partial charge in [-0.3, -0.25) is 14.3 Å². The minimum Gasteiger partial charge on any atom is -0.462 e. The van der Waals surface area contributed by atoms with Crippen molar-refractivity contribution in [3.8, 4) is 11.3 Å². The topological polar surface area (TPSA) is 108 Å². The Morgan fingerprint density at radius 1 is 1.18 bits per heavy atom. The van der Waals surface area contributed by atoms with Gasteiger partial charge in [0.2, 0.25) is 0 Å². The predicted molar refractivity (Wildman–Crippen MR) is 127 cm³/mol. The zero-order valence-electron chi connectivity index (χ0n) is 20.0. The maximum absolute atomic E-state index is 13.2. The first-order valence-electron chi connectivity index (χ1n) is 11.7. The molecule has 180 valence electrons. The summed E-state index contributed by atoms with van der Waals surface area (Å²) in [7, 11) is 1.84. The van der Waals surface area contributed by atoms with E-state index >= 15 is 0 Å². The van der Waals surface area contributed by atoms with Crippen molar-refractivity contribution >= 4 is 17.6 Å². The van der Waals surface area contributed by atoms with Crippen LogP contribution in [0.25, 0.3) is 11.3 Å². The third-order valence-electron chi connectivity index (χ3n) is 6.56. The average Bonchev–Trinajstić information content (AvgIpc) is 3.32. The molecule has 0 unspecified atom stereocenters. The molecular formula is C25H30N4O5. The predicted octanol–water partition coefficient (Wildman–Crippen LogP) is 4.39. The van der Waals surface area contributed by atoms with Crippen molar-refractivity contribution in [2.24, 2.45) is 7.05 Å². The number of benzene rings is 1. The zero-order valence-corrected chi connectivity index (χ0v) is 20.0. The molecule has 4 rings (SSSR count). The second-order valence-corrected chi connectivity index (χ2v) is 8.63. The number of carbonyl (C=O) groups excluding carboxylic acids is 2. The van der Waals surface area contributed by atoms with Gasteiger partial charge in [-0.1, -0.05) is 42.6 Å². The molecule has 1 aliphatic rings. The van der Waals surface area contributed by atoms with Gasteiger partial charge in [-0.15, -0.1) is 0 Å². The zero-order chi connectivity index (χ0) is 24.4. The Morgan fingerprint density at radius 2 is 1.88 bits per heavy atom. The Bertz CT molecular complexity index is 1280. The third kappa shape index (κ3) is 4.18. The van der Waals surface area contributed by atoms with Gasteiger partial charge < -0.3 is 14.6 Å². The SMILES string of the molecule is CCOC(=O)c1ccccc1-c1onc(C(=O)Nc2c(C)n(C)n(C3CCCCC3)c2=O)c1C. The Hall–Kier alpha value is -3.62. The number of anilines is 1. The molecule has 1 fully saturated rings. The van der Waals surface area contributed by atoms with Gasteiger partial charge in [-0.05, 0) is 39.7 Å². The van der Waals surface area contributed by atoms with Gasteiger partial charge in [0.05, 0.1) is 23.9 Å². The largest absolute Gasteiger partial charge is 0.462 e. The number of carbonyl (C=O) groups is 2. The molecule has 34 heavy (non-hydrogen) atoms. The van der Waals surface area contributed by atoms with Crippen molar-refractivity contribution in [2.75, 3.05) is 11.9 Å². The van der Waals surface area contributed by atoms with Crippen molar-refractivity contribution in [1.82, 2.24) is 14.5 Å². The fourth-order valence-electron chi connectivity index (χ4n) is 4.65. The standard InChI is InChI=1S/C25H30N4O5/c1-5-33-25(32)19-14-10-9-13-18(19)22-15(2)20(27-34-22)23(30)26-21-16(3)28(4)29(24(21)31)17-11-7-6-8-12-17/h9-10,13-14,17H,5-8,11-12H2,1-4H3,(H,26,30). The molecule has 9 nitrogen and oxygen atoms in total. The number of nitrogens with one attached hydrogen (secondary N) is 1. The first kappa shape index (κ1) is 23.5. The van der Waals surface area contributed by atoms with E-state index in [4.69, 9.17) is 9.26 Å². The van der Waals surface area contributed by atoms with Crippen LogP contribution in [-0.2, 0) is 11.8 Å². The van der Waals surface area contributed by atoms with Crippen LogP contribution < -0.4 is 10.9 Å². The van der Waals surface area contributed by atoms with Gasteiger partial charge in [-0.2, -0.15) is 0 Å². The average molecular weight is 467 g/mol. The quantitative estimate of drug-likeness (QED) is 0.540. The van der Waals surface area contributed by atoms with Crippen LogP contribution in [0.5, 0.6) is 0 Å². The van der Waals surface area contributed by atoms with Gasteiger partial charge in [0.25, 0.3) is 11.5 Å². The van der Waals surface area contributed by atoms with Gasteiger partial charge in [-0.25, -0.2) is 9.48 Å². The van der Waals surface area contributed by atoms with E-state index in [-0.39, 0.29) is 29.6 Å². The van der Waals surface area contributed by atoms with E-state index in [0.29, 0.717) is 28.1 Å². The molecule has 0 aliphatic heterocycles. The highest BCUT2D eigenvalue weighted by molar-refractivity contribution is 6.05. The number of esters is 1. The first-order valence-corrected chi connectivity index (χ1v) is 11.7. The molecule has 0 radical (unpaired) electrons. The minimum absolute atomic E-state index is 0.0560. The summed E-state index contributed by atoms with van der Waals surface area (Å²) in [5, 5.41) is 6.71. The maximum Gasteiger partial charge on any atom is 0.338 e. The third-order valence-corrected chi connectivity index (χ3v) is 6.56. The van der Waals surface area contributed by atoms with Crippen LogP contribution in [-0.4, -0.2) is 33.0 Å². The fourth-order valence-corrected chi connectivity index (χ4v) is 4.65. The van der Waals surface area contributed by atoms with E-state index in [0.717, 1.165) is 25.7 Å². The molecule has 1 amide bonds. The molecule has 1 aliphatic carbocycles. The number of hydrogen-bond acceptors (Lipinski definition) is 6. The number of rotatable bonds is 6. The molecular weight excluding hydrogens is 436 g/mol. The summed E-state index contributed by atoms with van der Waals surface area (Å²) in [6.07, 6.45) is 5.28. The van der Waals surface area contributed by atoms with Gasteiger partial charge in [0, 0.05) is 18.2 Å². The Kier molecular flexibility index (Phi) is 6.72. The lowest BCUT2D eigenvalue weighted by atomic mass is 9.96. The molecule has 3 aromatic rings. The molecule has 0 atom stereocenters. The van der Waals surface area contributed by atoms with E-state index in [9.17, 15) is 14.4 Å². The summed E-state index contributed by atoms with van der Waals surface area (Å²) in [5.74, 6) is -0.719. The van der Waals surface area contributed by atoms with Crippen LogP contribution in [0.15, 0.2) is 33.6 Å².